The third kappa shape index (κ3) is 1.88. The zero-order chi connectivity index (χ0) is 11.7. The second-order valence-corrected chi connectivity index (χ2v) is 4.89. The van der Waals surface area contributed by atoms with E-state index in [0.717, 1.165) is 26.4 Å². The van der Waals surface area contributed by atoms with Crippen LogP contribution >= 0.6 is 11.3 Å². The van der Waals surface area contributed by atoms with Crippen molar-refractivity contribution >= 4 is 32.8 Å². The van der Waals surface area contributed by atoms with Crippen molar-refractivity contribution in [1.29, 1.82) is 5.41 Å². The van der Waals surface area contributed by atoms with Gasteiger partial charge in [0, 0.05) is 17.5 Å². The molecule has 0 unspecified atom stereocenters. The highest BCUT2D eigenvalue weighted by Gasteiger charge is 2.11. The lowest BCUT2D eigenvalue weighted by atomic mass is 10.1. The van der Waals surface area contributed by atoms with Gasteiger partial charge in [0.2, 0.25) is 0 Å². The van der Waals surface area contributed by atoms with Gasteiger partial charge >= 0.3 is 0 Å². The highest BCUT2D eigenvalue weighted by molar-refractivity contribution is 7.19. The van der Waals surface area contributed by atoms with Crippen molar-refractivity contribution in [2.75, 3.05) is 0 Å². The SMILES string of the molecule is CC(=N)C(=C(C)C)c1nc2cnccc2s1. The minimum Gasteiger partial charge on any atom is -0.305 e. The van der Waals surface area contributed by atoms with E-state index in [1.54, 1.807) is 30.7 Å². The number of aromatic nitrogens is 2. The quantitative estimate of drug-likeness (QED) is 0.804. The van der Waals surface area contributed by atoms with Gasteiger partial charge in [-0.3, -0.25) is 4.98 Å². The average molecular weight is 231 g/mol. The molecule has 2 aromatic rings. The van der Waals surface area contributed by atoms with Crippen LogP contribution in [0, 0.1) is 5.41 Å². The molecule has 4 heteroatoms. The normalized spacial score (nSPS) is 10.4. The molecule has 2 heterocycles. The monoisotopic (exact) mass is 231 g/mol. The first-order chi connectivity index (χ1) is 7.59. The summed E-state index contributed by atoms with van der Waals surface area (Å²) in [5.74, 6) is 0. The van der Waals surface area contributed by atoms with E-state index in [4.69, 9.17) is 5.41 Å². The lowest BCUT2D eigenvalue weighted by Gasteiger charge is -2.03. The van der Waals surface area contributed by atoms with Crippen molar-refractivity contribution in [1.82, 2.24) is 9.97 Å². The van der Waals surface area contributed by atoms with Crippen molar-refractivity contribution in [3.63, 3.8) is 0 Å². The summed E-state index contributed by atoms with van der Waals surface area (Å²) in [5.41, 5.74) is 3.54. The van der Waals surface area contributed by atoms with E-state index >= 15 is 0 Å². The van der Waals surface area contributed by atoms with E-state index in [2.05, 4.69) is 9.97 Å². The standard InChI is InChI=1S/C12H13N3S/c1-7(2)11(8(3)13)12-15-9-6-14-5-4-10(9)16-12/h4-6,13H,1-3H3. The summed E-state index contributed by atoms with van der Waals surface area (Å²) in [6, 6.07) is 1.96. The van der Waals surface area contributed by atoms with Crippen LogP contribution in [0.1, 0.15) is 25.8 Å². The van der Waals surface area contributed by atoms with Crippen molar-refractivity contribution < 1.29 is 0 Å². The minimum absolute atomic E-state index is 0.562. The average Bonchev–Trinajstić information content (AvgIpc) is 2.58. The molecular formula is C12H13N3S. The Morgan fingerprint density at radius 1 is 1.31 bits per heavy atom. The van der Waals surface area contributed by atoms with Crippen LogP contribution in [-0.4, -0.2) is 15.7 Å². The molecule has 0 atom stereocenters. The van der Waals surface area contributed by atoms with Crippen LogP contribution in [0.3, 0.4) is 0 Å². The summed E-state index contributed by atoms with van der Waals surface area (Å²) in [5, 5.41) is 8.70. The first kappa shape index (κ1) is 11.0. The zero-order valence-electron chi connectivity index (χ0n) is 9.53. The lowest BCUT2D eigenvalue weighted by molar-refractivity contribution is 1.32. The number of allylic oxidation sites excluding steroid dienone is 2. The molecule has 0 radical (unpaired) electrons. The largest absolute Gasteiger partial charge is 0.305 e. The highest BCUT2D eigenvalue weighted by atomic mass is 32.1. The molecular weight excluding hydrogens is 218 g/mol. The van der Waals surface area contributed by atoms with Gasteiger partial charge in [0.25, 0.3) is 0 Å². The Labute approximate surface area is 98.4 Å². The van der Waals surface area contributed by atoms with E-state index in [1.807, 2.05) is 19.9 Å². The fourth-order valence-corrected chi connectivity index (χ4v) is 2.78. The van der Waals surface area contributed by atoms with E-state index in [9.17, 15) is 0 Å². The molecule has 3 nitrogen and oxygen atoms in total. The molecule has 0 fully saturated rings. The first-order valence-electron chi connectivity index (χ1n) is 5.03. The molecule has 2 rings (SSSR count). The summed E-state index contributed by atoms with van der Waals surface area (Å²) < 4.78 is 1.12. The molecule has 16 heavy (non-hydrogen) atoms. The van der Waals surface area contributed by atoms with Crippen molar-refractivity contribution in [2.24, 2.45) is 0 Å². The predicted molar refractivity (Wildman–Crippen MR) is 69.1 cm³/mol. The molecule has 2 aromatic heterocycles. The molecule has 0 saturated heterocycles. The Morgan fingerprint density at radius 2 is 2.06 bits per heavy atom. The van der Waals surface area contributed by atoms with Gasteiger partial charge in [-0.2, -0.15) is 0 Å². The lowest BCUT2D eigenvalue weighted by Crippen LogP contribution is -1.96. The fraction of sp³-hybridized carbons (Fsp3) is 0.250. The summed E-state index contributed by atoms with van der Waals surface area (Å²) in [7, 11) is 0. The molecule has 0 aromatic carbocycles. The Morgan fingerprint density at radius 3 is 2.62 bits per heavy atom. The minimum atomic E-state index is 0.562. The number of rotatable bonds is 2. The highest BCUT2D eigenvalue weighted by Crippen LogP contribution is 2.28. The van der Waals surface area contributed by atoms with Crippen LogP contribution in [0.15, 0.2) is 24.0 Å². The van der Waals surface area contributed by atoms with Crippen LogP contribution in [0.5, 0.6) is 0 Å². The van der Waals surface area contributed by atoms with E-state index in [1.165, 1.54) is 0 Å². The molecule has 0 spiro atoms. The number of nitrogens with one attached hydrogen (secondary N) is 1. The molecule has 0 bridgehead atoms. The number of pyridine rings is 1. The van der Waals surface area contributed by atoms with Gasteiger partial charge in [0.1, 0.15) is 10.5 Å². The summed E-state index contributed by atoms with van der Waals surface area (Å²) in [4.78, 5) is 8.56. The van der Waals surface area contributed by atoms with Gasteiger partial charge in [-0.25, -0.2) is 4.98 Å². The van der Waals surface area contributed by atoms with Gasteiger partial charge in [0.15, 0.2) is 0 Å². The smallest absolute Gasteiger partial charge is 0.126 e. The summed E-state index contributed by atoms with van der Waals surface area (Å²) in [6.45, 7) is 5.82. The zero-order valence-corrected chi connectivity index (χ0v) is 10.4. The van der Waals surface area contributed by atoms with E-state index in [-0.39, 0.29) is 0 Å². The Bertz CT molecular complexity index is 544. The maximum atomic E-state index is 7.79. The van der Waals surface area contributed by atoms with Gasteiger partial charge in [-0.1, -0.05) is 5.57 Å². The van der Waals surface area contributed by atoms with Crippen LogP contribution in [0.4, 0.5) is 0 Å². The van der Waals surface area contributed by atoms with E-state index in [0.29, 0.717) is 5.71 Å². The predicted octanol–water partition coefficient (Wildman–Crippen LogP) is 3.52. The van der Waals surface area contributed by atoms with Crippen molar-refractivity contribution in [3.8, 4) is 0 Å². The summed E-state index contributed by atoms with van der Waals surface area (Å²) in [6.07, 6.45) is 3.53. The van der Waals surface area contributed by atoms with Gasteiger partial charge < -0.3 is 5.41 Å². The van der Waals surface area contributed by atoms with Crippen LogP contribution in [0.25, 0.3) is 15.8 Å². The van der Waals surface area contributed by atoms with E-state index < -0.39 is 0 Å². The second kappa shape index (κ2) is 4.14. The molecule has 0 aliphatic carbocycles. The molecule has 82 valence electrons. The van der Waals surface area contributed by atoms with Crippen LogP contribution < -0.4 is 0 Å². The molecule has 0 aliphatic rings. The van der Waals surface area contributed by atoms with Crippen molar-refractivity contribution in [3.05, 3.63) is 29.0 Å². The number of thiazole rings is 1. The van der Waals surface area contributed by atoms with Gasteiger partial charge in [0.05, 0.1) is 10.9 Å². The maximum absolute atomic E-state index is 7.79. The number of nitrogens with zero attached hydrogens (tertiary/aromatic N) is 2. The third-order valence-electron chi connectivity index (χ3n) is 2.28. The second-order valence-electron chi connectivity index (χ2n) is 3.86. The molecule has 1 N–H and O–H groups in total. The van der Waals surface area contributed by atoms with Gasteiger partial charge in [-0.15, -0.1) is 11.3 Å². The Hall–Kier alpha value is -1.55. The van der Waals surface area contributed by atoms with Crippen LogP contribution in [-0.2, 0) is 0 Å². The molecule has 0 amide bonds. The Kier molecular flexibility index (Phi) is 2.83. The molecule has 0 aliphatic heterocycles. The number of hydrogen-bond donors (Lipinski definition) is 1. The first-order valence-corrected chi connectivity index (χ1v) is 5.85. The fourth-order valence-electron chi connectivity index (χ4n) is 1.64. The Balaban J connectivity index is 2.63. The topological polar surface area (TPSA) is 49.6 Å². The number of fused-ring (bicyclic) bond motifs is 1. The molecule has 0 saturated carbocycles. The van der Waals surface area contributed by atoms with Crippen LogP contribution in [0.2, 0.25) is 0 Å². The van der Waals surface area contributed by atoms with Gasteiger partial charge in [-0.05, 0) is 26.8 Å². The van der Waals surface area contributed by atoms with Crippen molar-refractivity contribution in [2.45, 2.75) is 20.8 Å². The number of hydrogen-bond acceptors (Lipinski definition) is 4. The summed E-state index contributed by atoms with van der Waals surface area (Å²) >= 11 is 1.61. The maximum Gasteiger partial charge on any atom is 0.126 e. The third-order valence-corrected chi connectivity index (χ3v) is 3.33.